The third-order valence-corrected chi connectivity index (χ3v) is 6.67. The summed E-state index contributed by atoms with van der Waals surface area (Å²) in [5.74, 6) is 0. The number of aliphatic hydroxyl groups excluding tert-OH is 1. The molecule has 28 heavy (non-hydrogen) atoms. The highest BCUT2D eigenvalue weighted by molar-refractivity contribution is 5.36. The molecule has 2 aliphatic rings. The van der Waals surface area contributed by atoms with E-state index in [1.807, 2.05) is 0 Å². The predicted molar refractivity (Wildman–Crippen MR) is 113 cm³/mol. The van der Waals surface area contributed by atoms with Crippen molar-refractivity contribution in [1.82, 2.24) is 5.32 Å². The molecule has 1 aliphatic heterocycles. The molecule has 3 heteroatoms. The van der Waals surface area contributed by atoms with Gasteiger partial charge < -0.3 is 15.2 Å². The van der Waals surface area contributed by atoms with Crippen LogP contribution in [-0.2, 0) is 23.3 Å². The monoisotopic (exact) mass is 379 g/mol. The lowest BCUT2D eigenvalue weighted by Crippen LogP contribution is -2.46. The molecule has 2 N–H and O–H groups in total. The summed E-state index contributed by atoms with van der Waals surface area (Å²) in [5.41, 5.74) is 6.73. The molecule has 1 spiro atoms. The number of fused-ring (bicyclic) bond motifs is 2. The molecule has 0 saturated heterocycles. The average molecular weight is 380 g/mol. The van der Waals surface area contributed by atoms with Gasteiger partial charge in [-0.15, -0.1) is 0 Å². The van der Waals surface area contributed by atoms with Crippen LogP contribution < -0.4 is 5.32 Å². The second kappa shape index (κ2) is 8.36. The Morgan fingerprint density at radius 3 is 2.64 bits per heavy atom. The van der Waals surface area contributed by atoms with Gasteiger partial charge in [0.2, 0.25) is 0 Å². The van der Waals surface area contributed by atoms with E-state index in [1.54, 1.807) is 0 Å². The molecule has 0 aromatic heterocycles. The van der Waals surface area contributed by atoms with E-state index in [1.165, 1.54) is 27.8 Å². The van der Waals surface area contributed by atoms with Gasteiger partial charge in [0.25, 0.3) is 0 Å². The Morgan fingerprint density at radius 2 is 1.89 bits per heavy atom. The molecular formula is C25H33NO2. The zero-order chi connectivity index (χ0) is 19.6. The van der Waals surface area contributed by atoms with E-state index < -0.39 is 0 Å². The number of nitrogens with one attached hydrogen (secondary N) is 1. The van der Waals surface area contributed by atoms with E-state index in [0.29, 0.717) is 6.04 Å². The average Bonchev–Trinajstić information content (AvgIpc) is 2.69. The minimum absolute atomic E-state index is 0.139. The van der Waals surface area contributed by atoms with Gasteiger partial charge in [0, 0.05) is 19.2 Å². The van der Waals surface area contributed by atoms with Gasteiger partial charge in [0.05, 0.1) is 11.7 Å². The lowest BCUT2D eigenvalue weighted by Gasteiger charge is -2.47. The van der Waals surface area contributed by atoms with Crippen molar-refractivity contribution < 1.29 is 9.84 Å². The molecule has 1 saturated carbocycles. The second-order valence-electron chi connectivity index (χ2n) is 8.69. The largest absolute Gasteiger partial charge is 0.396 e. The van der Waals surface area contributed by atoms with E-state index in [0.717, 1.165) is 45.1 Å². The van der Waals surface area contributed by atoms with Gasteiger partial charge in [-0.1, -0.05) is 48.0 Å². The van der Waals surface area contributed by atoms with E-state index in [-0.39, 0.29) is 18.3 Å². The summed E-state index contributed by atoms with van der Waals surface area (Å²) in [6.07, 6.45) is 6.15. The van der Waals surface area contributed by atoms with Crippen molar-refractivity contribution in [3.8, 4) is 0 Å². The van der Waals surface area contributed by atoms with E-state index in [4.69, 9.17) is 4.74 Å². The molecule has 4 rings (SSSR count). The van der Waals surface area contributed by atoms with Crippen molar-refractivity contribution >= 4 is 0 Å². The highest BCUT2D eigenvalue weighted by Gasteiger charge is 2.43. The molecular weight excluding hydrogens is 346 g/mol. The summed E-state index contributed by atoms with van der Waals surface area (Å²) in [5, 5.41) is 13.2. The molecule has 1 aliphatic carbocycles. The molecule has 1 fully saturated rings. The fourth-order valence-electron chi connectivity index (χ4n) is 5.09. The van der Waals surface area contributed by atoms with Crippen LogP contribution in [0.2, 0.25) is 0 Å². The lowest BCUT2D eigenvalue weighted by molar-refractivity contribution is -0.138. The van der Waals surface area contributed by atoms with Crippen LogP contribution in [0.3, 0.4) is 0 Å². The summed E-state index contributed by atoms with van der Waals surface area (Å²) in [4.78, 5) is 0. The fourth-order valence-corrected chi connectivity index (χ4v) is 5.09. The first-order valence-electron chi connectivity index (χ1n) is 10.8. The molecule has 2 aromatic rings. The Kier molecular flexibility index (Phi) is 5.86. The van der Waals surface area contributed by atoms with Gasteiger partial charge in [-0.25, -0.2) is 0 Å². The predicted octanol–water partition coefficient (Wildman–Crippen LogP) is 4.55. The minimum atomic E-state index is -0.160. The minimum Gasteiger partial charge on any atom is -0.396 e. The van der Waals surface area contributed by atoms with Crippen LogP contribution in [0.15, 0.2) is 42.5 Å². The van der Waals surface area contributed by atoms with Crippen LogP contribution in [0.25, 0.3) is 0 Å². The Labute approximate surface area is 169 Å². The van der Waals surface area contributed by atoms with Crippen LogP contribution in [0.4, 0.5) is 0 Å². The molecule has 0 unspecified atom stereocenters. The van der Waals surface area contributed by atoms with Gasteiger partial charge in [-0.05, 0) is 74.6 Å². The van der Waals surface area contributed by atoms with Crippen LogP contribution in [0.1, 0.15) is 59.9 Å². The van der Waals surface area contributed by atoms with Gasteiger partial charge in [0.1, 0.15) is 0 Å². The van der Waals surface area contributed by atoms with Crippen molar-refractivity contribution in [3.05, 3.63) is 70.3 Å². The maximum Gasteiger partial charge on any atom is 0.0939 e. The number of aryl methyl sites for hydroxylation is 2. The van der Waals surface area contributed by atoms with Crippen molar-refractivity contribution in [2.75, 3.05) is 6.61 Å². The number of aliphatic hydroxyl groups is 1. The van der Waals surface area contributed by atoms with Crippen molar-refractivity contribution in [1.29, 1.82) is 0 Å². The SMILES string of the molecule is Cc1ccc(CNC2CCC3(CC2)O[C@H](CCO)Cc2ccccc23)c(C)c1. The maximum atomic E-state index is 9.42. The number of ether oxygens (including phenoxy) is 1. The normalized spacial score (nSPS) is 27.0. The topological polar surface area (TPSA) is 41.5 Å². The van der Waals surface area contributed by atoms with E-state index in [9.17, 15) is 5.11 Å². The van der Waals surface area contributed by atoms with Crippen molar-refractivity contribution in [2.45, 2.75) is 76.7 Å². The maximum absolute atomic E-state index is 9.42. The molecule has 0 radical (unpaired) electrons. The van der Waals surface area contributed by atoms with Crippen LogP contribution in [0.5, 0.6) is 0 Å². The molecule has 0 bridgehead atoms. The van der Waals surface area contributed by atoms with E-state index in [2.05, 4.69) is 61.6 Å². The smallest absolute Gasteiger partial charge is 0.0939 e. The highest BCUT2D eigenvalue weighted by atomic mass is 16.5. The molecule has 150 valence electrons. The van der Waals surface area contributed by atoms with Crippen molar-refractivity contribution in [3.63, 3.8) is 0 Å². The second-order valence-corrected chi connectivity index (χ2v) is 8.69. The van der Waals surface area contributed by atoms with Crippen LogP contribution in [0, 0.1) is 13.8 Å². The quantitative estimate of drug-likeness (QED) is 0.800. The first-order valence-corrected chi connectivity index (χ1v) is 10.8. The van der Waals surface area contributed by atoms with Crippen LogP contribution in [-0.4, -0.2) is 23.9 Å². The molecule has 3 nitrogen and oxygen atoms in total. The molecule has 0 amide bonds. The Morgan fingerprint density at radius 1 is 1.11 bits per heavy atom. The van der Waals surface area contributed by atoms with Gasteiger partial charge in [0.15, 0.2) is 0 Å². The number of benzene rings is 2. The lowest BCUT2D eigenvalue weighted by atomic mass is 9.73. The third kappa shape index (κ3) is 4.03. The number of hydrogen-bond acceptors (Lipinski definition) is 3. The Balaban J connectivity index is 1.42. The zero-order valence-corrected chi connectivity index (χ0v) is 17.2. The summed E-state index contributed by atoms with van der Waals surface area (Å²) in [6.45, 7) is 5.49. The van der Waals surface area contributed by atoms with E-state index >= 15 is 0 Å². The third-order valence-electron chi connectivity index (χ3n) is 6.67. The zero-order valence-electron chi connectivity index (χ0n) is 17.2. The summed E-state index contributed by atoms with van der Waals surface area (Å²) in [7, 11) is 0. The first-order chi connectivity index (χ1) is 13.6. The molecule has 1 heterocycles. The molecule has 2 aromatic carbocycles. The van der Waals surface area contributed by atoms with Gasteiger partial charge >= 0.3 is 0 Å². The Hall–Kier alpha value is -1.68. The van der Waals surface area contributed by atoms with Crippen molar-refractivity contribution in [2.24, 2.45) is 0 Å². The fraction of sp³-hybridized carbons (Fsp3) is 0.520. The van der Waals surface area contributed by atoms with Gasteiger partial charge in [-0.3, -0.25) is 0 Å². The Bertz CT molecular complexity index is 808. The standard InChI is InChI=1S/C25H33NO2/c1-18-7-8-21(19(2)15-18)17-26-22-9-12-25(13-10-22)24-6-4-3-5-20(24)16-23(28-25)11-14-27/h3-8,15,22-23,26-27H,9-14,16-17H2,1-2H3/t22?,23-,25?/m1/s1. The number of rotatable bonds is 5. The summed E-state index contributed by atoms with van der Waals surface area (Å²) in [6, 6.07) is 16.0. The first kappa shape index (κ1) is 19.6. The van der Waals surface area contributed by atoms with Gasteiger partial charge in [-0.2, -0.15) is 0 Å². The highest BCUT2D eigenvalue weighted by Crippen LogP contribution is 2.46. The number of hydrogen-bond donors (Lipinski definition) is 2. The molecule has 1 atom stereocenters. The van der Waals surface area contributed by atoms with Crippen LogP contribution >= 0.6 is 0 Å². The summed E-state index contributed by atoms with van der Waals surface area (Å²) >= 11 is 0. The summed E-state index contributed by atoms with van der Waals surface area (Å²) < 4.78 is 6.64.